The van der Waals surface area contributed by atoms with Gasteiger partial charge in [0.1, 0.15) is 36.2 Å². The van der Waals surface area contributed by atoms with Crippen molar-refractivity contribution in [2.24, 2.45) is 11.5 Å². The molecule has 6 atom stereocenters. The molecule has 3 aromatic rings. The Hall–Kier alpha value is -6.17. The minimum absolute atomic E-state index is 0.0275. The first-order valence-corrected chi connectivity index (χ1v) is 22.1. The number of carboxylic acids is 1. The van der Waals surface area contributed by atoms with Crippen LogP contribution in [0.4, 0.5) is 5.69 Å². The lowest BCUT2D eigenvalue weighted by Gasteiger charge is -2.30. The number of rotatable bonds is 9. The van der Waals surface area contributed by atoms with Gasteiger partial charge < -0.3 is 58.1 Å². The molecule has 0 aliphatic carbocycles. The molecule has 0 bridgehead atoms. The van der Waals surface area contributed by atoms with Crippen molar-refractivity contribution in [3.8, 4) is 0 Å². The van der Waals surface area contributed by atoms with E-state index in [4.69, 9.17) is 16.9 Å². The number of nitrogens with two attached hydrogens (primary N) is 2. The molecular weight excluding hydrogens is 847 g/mol. The summed E-state index contributed by atoms with van der Waals surface area (Å²) in [4.78, 5) is 111. The van der Waals surface area contributed by atoms with Gasteiger partial charge in [0, 0.05) is 52.8 Å². The van der Waals surface area contributed by atoms with E-state index in [0.29, 0.717) is 23.2 Å². The van der Waals surface area contributed by atoms with Gasteiger partial charge in [-0.25, -0.2) is 0 Å². The lowest BCUT2D eigenvalue weighted by molar-refractivity contribution is -0.143. The number of para-hydroxylation sites is 1. The molecule has 0 saturated carbocycles. The van der Waals surface area contributed by atoms with Crippen molar-refractivity contribution in [2.45, 2.75) is 75.0 Å². The number of aromatic nitrogens is 1. The minimum atomic E-state index is -1.74. The third kappa shape index (κ3) is 13.2. The molecule has 23 heteroatoms. The number of nitrogens with one attached hydrogen (secondary N) is 8. The molecule has 62 heavy (non-hydrogen) atoms. The summed E-state index contributed by atoms with van der Waals surface area (Å²) in [7, 11) is 2.42. The Morgan fingerprint density at radius 2 is 1.61 bits per heavy atom. The molecule has 14 N–H and O–H groups in total. The van der Waals surface area contributed by atoms with E-state index >= 15 is 0 Å². The molecule has 2 fully saturated rings. The van der Waals surface area contributed by atoms with E-state index in [0.717, 1.165) is 10.9 Å². The second-order valence-electron chi connectivity index (χ2n) is 14.6. The zero-order valence-electron chi connectivity index (χ0n) is 33.3. The van der Waals surface area contributed by atoms with Crippen LogP contribution in [0.2, 0.25) is 0 Å². The number of carbonyl (C=O) groups excluding carboxylic acids is 7. The Morgan fingerprint density at radius 3 is 2.32 bits per heavy atom. The maximum Gasteiger partial charge on any atom is 0.305 e. The topological polar surface area (TPSA) is 344 Å². The van der Waals surface area contributed by atoms with Crippen LogP contribution in [0.25, 0.3) is 10.9 Å². The predicted molar refractivity (Wildman–Crippen MR) is 230 cm³/mol. The Balaban J connectivity index is 1.40. The van der Waals surface area contributed by atoms with Gasteiger partial charge in [-0.1, -0.05) is 39.8 Å². The van der Waals surface area contributed by atoms with Crippen LogP contribution >= 0.6 is 21.6 Å². The summed E-state index contributed by atoms with van der Waals surface area (Å²) in [6.45, 7) is -0.647. The zero-order valence-corrected chi connectivity index (χ0v) is 34.9. The quantitative estimate of drug-likeness (QED) is 0.0669. The van der Waals surface area contributed by atoms with E-state index in [1.54, 1.807) is 12.3 Å². The first-order chi connectivity index (χ1) is 29.6. The van der Waals surface area contributed by atoms with Crippen LogP contribution in [0.1, 0.15) is 43.2 Å². The number of aliphatic hydroxyl groups is 1. The standard InChI is InChI=1S/C39H49N11O10S2/c40-34(41)20-7-9-22(10-8-20)45-31(52)15-25-36(57)44-18-32(53)47-26(16-33(54)55)37(58)48-27(14-21-17-43-24-5-2-1-4-23(21)24)39(60)50-12-3-6-29(50)38(59)49-28(35(42)56)19-62-61-13-11-30(51)46-25/h1-2,4-5,7-10,17,25-30,43,46,51H,3,6,11-16,18-19H2,(H3,40,41)(H2,42,56)(H,44,57)(H,45,52)(H,47,53)(H,48,58)(H,49,59)(H,54,55)/t25-,26-,27-,28?,29-,30?/m0/s1. The van der Waals surface area contributed by atoms with Crippen LogP contribution < -0.4 is 43.4 Å². The zero-order chi connectivity index (χ0) is 44.9. The number of anilines is 1. The van der Waals surface area contributed by atoms with Crippen molar-refractivity contribution in [1.29, 1.82) is 5.41 Å². The number of nitrogens with zero attached hydrogens (tertiary/aromatic N) is 1. The highest BCUT2D eigenvalue weighted by atomic mass is 33.1. The Kier molecular flexibility index (Phi) is 16.7. The van der Waals surface area contributed by atoms with Gasteiger partial charge in [-0.15, -0.1) is 0 Å². The Morgan fingerprint density at radius 1 is 0.871 bits per heavy atom. The molecule has 2 saturated heterocycles. The number of amidine groups is 1. The van der Waals surface area contributed by atoms with Gasteiger partial charge in [0.25, 0.3) is 0 Å². The van der Waals surface area contributed by atoms with Crippen molar-refractivity contribution in [3.63, 3.8) is 0 Å². The Bertz CT molecular complexity index is 2170. The molecule has 7 amide bonds. The molecule has 2 aromatic carbocycles. The molecule has 3 heterocycles. The summed E-state index contributed by atoms with van der Waals surface area (Å²) in [5.74, 6) is -7.08. The monoisotopic (exact) mass is 895 g/mol. The van der Waals surface area contributed by atoms with Crippen LogP contribution in [0.15, 0.2) is 54.7 Å². The van der Waals surface area contributed by atoms with Crippen molar-refractivity contribution in [3.05, 3.63) is 65.9 Å². The smallest absolute Gasteiger partial charge is 0.305 e. The van der Waals surface area contributed by atoms with Crippen molar-refractivity contribution in [2.75, 3.05) is 29.9 Å². The summed E-state index contributed by atoms with van der Waals surface area (Å²) < 4.78 is 0. The van der Waals surface area contributed by atoms with Gasteiger partial charge in [-0.05, 0) is 55.2 Å². The van der Waals surface area contributed by atoms with Gasteiger partial charge in [0.2, 0.25) is 41.4 Å². The van der Waals surface area contributed by atoms with Crippen LogP contribution in [-0.4, -0.2) is 134 Å². The normalized spacial score (nSPS) is 23.9. The lowest BCUT2D eigenvalue weighted by atomic mass is 10.0. The molecule has 1 aromatic heterocycles. The van der Waals surface area contributed by atoms with Gasteiger partial charge in [-0.2, -0.15) is 0 Å². The highest BCUT2D eigenvalue weighted by Gasteiger charge is 2.40. The van der Waals surface area contributed by atoms with E-state index in [2.05, 4.69) is 36.9 Å². The number of fused-ring (bicyclic) bond motifs is 2. The minimum Gasteiger partial charge on any atom is -0.481 e. The largest absolute Gasteiger partial charge is 0.481 e. The van der Waals surface area contributed by atoms with E-state index in [1.165, 1.54) is 50.8 Å². The van der Waals surface area contributed by atoms with Crippen molar-refractivity contribution < 1.29 is 48.6 Å². The van der Waals surface area contributed by atoms with Crippen LogP contribution in [0.3, 0.4) is 0 Å². The highest BCUT2D eigenvalue weighted by Crippen LogP contribution is 2.26. The SMILES string of the molecule is N=C(N)c1ccc(NC(=O)C[C@@H]2NC(O)CCSSCC(C(N)=O)NC(=O)[C@@H]3CCCN3C(=O)[C@H](Cc3c[nH]c4ccccc34)NC(=O)[C@H](CC(=O)O)NC(=O)CNC2=O)cc1. The molecular formula is C39H49N11O10S2. The molecule has 2 unspecified atom stereocenters. The molecule has 5 rings (SSSR count). The maximum atomic E-state index is 14.4. The number of hydrogen-bond acceptors (Lipinski definition) is 13. The molecule has 0 spiro atoms. The second-order valence-corrected chi connectivity index (χ2v) is 17.2. The predicted octanol–water partition coefficient (Wildman–Crippen LogP) is -1.39. The fourth-order valence-corrected chi connectivity index (χ4v) is 9.14. The lowest BCUT2D eigenvalue weighted by Crippen LogP contribution is -2.59. The number of nitrogen functional groups attached to an aromatic ring is 1. The van der Waals surface area contributed by atoms with Gasteiger partial charge in [0.05, 0.1) is 25.4 Å². The van der Waals surface area contributed by atoms with E-state index in [9.17, 15) is 48.6 Å². The summed E-state index contributed by atoms with van der Waals surface area (Å²) >= 11 is 0. The van der Waals surface area contributed by atoms with Gasteiger partial charge in [0.15, 0.2) is 0 Å². The summed E-state index contributed by atoms with van der Waals surface area (Å²) in [5, 5.41) is 44.0. The van der Waals surface area contributed by atoms with Gasteiger partial charge in [-0.3, -0.25) is 49.1 Å². The second kappa shape index (κ2) is 22.1. The van der Waals surface area contributed by atoms with E-state index in [1.807, 2.05) is 18.2 Å². The molecule has 0 radical (unpaired) electrons. The molecule has 332 valence electrons. The number of aliphatic carboxylic acids is 1. The van der Waals surface area contributed by atoms with Crippen LogP contribution in [0, 0.1) is 5.41 Å². The van der Waals surface area contributed by atoms with E-state index < -0.39 is 103 Å². The number of benzene rings is 2. The third-order valence-corrected chi connectivity index (χ3v) is 12.5. The highest BCUT2D eigenvalue weighted by molar-refractivity contribution is 8.76. The number of hydrogen-bond donors (Lipinski definition) is 12. The average molecular weight is 896 g/mol. The number of H-pyrrole nitrogens is 1. The van der Waals surface area contributed by atoms with Crippen LogP contribution in [-0.2, 0) is 44.8 Å². The number of carbonyl (C=O) groups is 8. The summed E-state index contributed by atoms with van der Waals surface area (Å²) in [6, 6.07) is 6.54. The average Bonchev–Trinajstić information content (AvgIpc) is 3.89. The number of carboxylic acid groups (broad SMARTS) is 1. The van der Waals surface area contributed by atoms with E-state index in [-0.39, 0.29) is 43.1 Å². The molecule has 21 nitrogen and oxygen atoms in total. The maximum absolute atomic E-state index is 14.4. The molecule has 2 aliphatic heterocycles. The number of aromatic amines is 1. The van der Waals surface area contributed by atoms with Crippen molar-refractivity contribution >= 4 is 91.3 Å². The fraction of sp³-hybridized carbons (Fsp3) is 0.410. The molecule has 2 aliphatic rings. The summed E-state index contributed by atoms with van der Waals surface area (Å²) in [5.41, 5.74) is 13.2. The number of amides is 7. The fourth-order valence-electron chi connectivity index (χ4n) is 6.89. The third-order valence-electron chi connectivity index (χ3n) is 10.0. The van der Waals surface area contributed by atoms with Gasteiger partial charge >= 0.3 is 5.97 Å². The van der Waals surface area contributed by atoms with Crippen molar-refractivity contribution in [1.82, 2.24) is 36.5 Å². The number of primary amides is 1. The first kappa shape index (κ1) is 46.9. The number of aliphatic hydroxyl groups excluding tert-OH is 1. The Labute approximate surface area is 362 Å². The summed E-state index contributed by atoms with van der Waals surface area (Å²) in [6.07, 6.45) is -0.541. The first-order valence-electron chi connectivity index (χ1n) is 19.6. The van der Waals surface area contributed by atoms with Crippen LogP contribution in [0.5, 0.6) is 0 Å².